The number of rotatable bonds is 5. The largest absolute Gasteiger partial charge is 0.497 e. The minimum absolute atomic E-state index is 0.327. The highest BCUT2D eigenvalue weighted by atomic mass is 16.7. The number of carbonyl (C=O) groups is 1. The Bertz CT molecular complexity index is 968. The number of nitro benzene ring substituents is 2. The van der Waals surface area contributed by atoms with Gasteiger partial charge in [0.25, 0.3) is 11.4 Å². The molecule has 2 aromatic carbocycles. The molecule has 10 heteroatoms. The maximum absolute atomic E-state index is 12.3. The van der Waals surface area contributed by atoms with Gasteiger partial charge in [0.1, 0.15) is 5.75 Å². The quantitative estimate of drug-likeness (QED) is 0.437. The highest BCUT2D eigenvalue weighted by molar-refractivity contribution is 6.03. The number of oxime groups is 1. The highest BCUT2D eigenvalue weighted by Gasteiger charge is 2.22. The normalized spacial score (nSPS) is 14.2. The molecule has 0 atom stereocenters. The standard InChI is InChI=1S/C18H15N3O7/c1-27-15-6-5-11-3-2-4-17(16(11)10-15)19-28-18(22)12-7-13(20(23)24)9-14(8-12)21(25)26/h5-10H,2-4H2,1H3/b19-17-. The monoisotopic (exact) mass is 385 g/mol. The van der Waals surface area contributed by atoms with Crippen molar-refractivity contribution < 1.29 is 24.2 Å². The third-order valence-corrected chi connectivity index (χ3v) is 4.29. The van der Waals surface area contributed by atoms with Gasteiger partial charge in [0.15, 0.2) is 0 Å². The minimum atomic E-state index is -1.02. The van der Waals surface area contributed by atoms with Crippen molar-refractivity contribution in [1.29, 1.82) is 0 Å². The zero-order chi connectivity index (χ0) is 20.3. The number of methoxy groups -OCH3 is 1. The lowest BCUT2D eigenvalue weighted by molar-refractivity contribution is -0.394. The van der Waals surface area contributed by atoms with E-state index in [0.717, 1.165) is 42.2 Å². The number of nitro groups is 2. The van der Waals surface area contributed by atoms with Crippen molar-refractivity contribution in [3.63, 3.8) is 0 Å². The molecule has 2 aromatic rings. The Morgan fingerprint density at radius 1 is 1.04 bits per heavy atom. The van der Waals surface area contributed by atoms with Gasteiger partial charge in [-0.15, -0.1) is 0 Å². The summed E-state index contributed by atoms with van der Waals surface area (Å²) in [5.74, 6) is -0.386. The van der Waals surface area contributed by atoms with E-state index >= 15 is 0 Å². The van der Waals surface area contributed by atoms with Crippen LogP contribution in [0.15, 0.2) is 41.6 Å². The van der Waals surface area contributed by atoms with E-state index in [1.165, 1.54) is 7.11 Å². The maximum atomic E-state index is 12.3. The van der Waals surface area contributed by atoms with E-state index in [2.05, 4.69) is 5.16 Å². The summed E-state index contributed by atoms with van der Waals surface area (Å²) in [7, 11) is 1.54. The Balaban J connectivity index is 1.89. The molecule has 3 rings (SSSR count). The van der Waals surface area contributed by atoms with E-state index in [9.17, 15) is 25.0 Å². The Morgan fingerprint density at radius 3 is 2.32 bits per heavy atom. The van der Waals surface area contributed by atoms with Gasteiger partial charge in [0.2, 0.25) is 0 Å². The van der Waals surface area contributed by atoms with Gasteiger partial charge in [-0.05, 0) is 37.0 Å². The molecule has 0 amide bonds. The number of aryl methyl sites for hydroxylation is 1. The first-order valence-electron chi connectivity index (χ1n) is 8.28. The van der Waals surface area contributed by atoms with Crippen LogP contribution in [0.5, 0.6) is 5.75 Å². The molecule has 144 valence electrons. The summed E-state index contributed by atoms with van der Waals surface area (Å²) >= 11 is 0. The molecule has 0 saturated carbocycles. The lowest BCUT2D eigenvalue weighted by atomic mass is 9.90. The Kier molecular flexibility index (Phi) is 5.30. The van der Waals surface area contributed by atoms with Crippen LogP contribution in [0, 0.1) is 20.2 Å². The van der Waals surface area contributed by atoms with Gasteiger partial charge in [-0.25, -0.2) is 4.79 Å². The van der Waals surface area contributed by atoms with Crippen molar-refractivity contribution in [2.24, 2.45) is 5.16 Å². The molecule has 1 aliphatic carbocycles. The molecule has 28 heavy (non-hydrogen) atoms. The molecular formula is C18H15N3O7. The van der Waals surface area contributed by atoms with Gasteiger partial charge in [-0.1, -0.05) is 11.2 Å². The molecule has 10 nitrogen and oxygen atoms in total. The van der Waals surface area contributed by atoms with Crippen molar-refractivity contribution in [2.75, 3.05) is 7.11 Å². The maximum Gasteiger partial charge on any atom is 0.366 e. The van der Waals surface area contributed by atoms with Crippen molar-refractivity contribution in [1.82, 2.24) is 0 Å². The summed E-state index contributed by atoms with van der Waals surface area (Å²) < 4.78 is 5.20. The molecule has 0 spiro atoms. The van der Waals surface area contributed by atoms with E-state index in [-0.39, 0.29) is 5.56 Å². The average molecular weight is 385 g/mol. The number of hydrogen-bond donors (Lipinski definition) is 0. The van der Waals surface area contributed by atoms with Gasteiger partial charge in [-0.2, -0.15) is 0 Å². The average Bonchev–Trinajstić information content (AvgIpc) is 2.70. The third-order valence-electron chi connectivity index (χ3n) is 4.29. The zero-order valence-corrected chi connectivity index (χ0v) is 14.8. The van der Waals surface area contributed by atoms with Gasteiger partial charge in [0.05, 0.1) is 34.3 Å². The summed E-state index contributed by atoms with van der Waals surface area (Å²) in [5, 5.41) is 25.8. The van der Waals surface area contributed by atoms with E-state index in [1.54, 1.807) is 6.07 Å². The van der Waals surface area contributed by atoms with Crippen molar-refractivity contribution in [3.8, 4) is 5.75 Å². The zero-order valence-electron chi connectivity index (χ0n) is 14.8. The van der Waals surface area contributed by atoms with Crippen LogP contribution in [0.25, 0.3) is 0 Å². The van der Waals surface area contributed by atoms with Crippen LogP contribution < -0.4 is 4.74 Å². The Hall–Kier alpha value is -3.82. The molecule has 0 aromatic heterocycles. The number of ether oxygens (including phenoxy) is 1. The third kappa shape index (κ3) is 3.95. The number of nitrogens with zero attached hydrogens (tertiary/aromatic N) is 3. The summed E-state index contributed by atoms with van der Waals surface area (Å²) in [6.07, 6.45) is 2.24. The molecule has 0 radical (unpaired) electrons. The highest BCUT2D eigenvalue weighted by Crippen LogP contribution is 2.27. The molecular weight excluding hydrogens is 370 g/mol. The lowest BCUT2D eigenvalue weighted by Crippen LogP contribution is -2.14. The molecule has 0 aliphatic heterocycles. The molecule has 0 saturated heterocycles. The van der Waals surface area contributed by atoms with E-state index in [4.69, 9.17) is 9.57 Å². The van der Waals surface area contributed by atoms with Crippen LogP contribution in [-0.2, 0) is 11.3 Å². The number of hydrogen-bond acceptors (Lipinski definition) is 8. The SMILES string of the molecule is COc1ccc2c(c1)/C(=N\OC(=O)c1cc([N+](=O)[O-])cc([N+](=O)[O-])c1)CCC2. The first-order chi connectivity index (χ1) is 13.4. The van der Waals surface area contributed by atoms with Crippen LogP contribution in [0.4, 0.5) is 11.4 Å². The molecule has 0 N–H and O–H groups in total. The number of benzene rings is 2. The van der Waals surface area contributed by atoms with E-state index in [0.29, 0.717) is 17.9 Å². The van der Waals surface area contributed by atoms with Gasteiger partial charge in [-0.3, -0.25) is 20.2 Å². The minimum Gasteiger partial charge on any atom is -0.497 e. The van der Waals surface area contributed by atoms with Crippen molar-refractivity contribution in [3.05, 3.63) is 73.3 Å². The van der Waals surface area contributed by atoms with Crippen LogP contribution in [0.3, 0.4) is 0 Å². The Labute approximate surface area is 158 Å². The fraction of sp³-hybridized carbons (Fsp3) is 0.222. The van der Waals surface area contributed by atoms with E-state index in [1.807, 2.05) is 12.1 Å². The van der Waals surface area contributed by atoms with Crippen LogP contribution in [-0.4, -0.2) is 28.6 Å². The summed E-state index contributed by atoms with van der Waals surface area (Å²) in [6.45, 7) is 0. The second kappa shape index (κ2) is 7.82. The molecule has 0 bridgehead atoms. The molecule has 0 heterocycles. The summed E-state index contributed by atoms with van der Waals surface area (Å²) in [4.78, 5) is 37.5. The number of fused-ring (bicyclic) bond motifs is 1. The summed E-state index contributed by atoms with van der Waals surface area (Å²) in [5.41, 5.74) is 0.875. The summed E-state index contributed by atoms with van der Waals surface area (Å²) in [6, 6.07) is 8.12. The first kappa shape index (κ1) is 19.0. The predicted molar refractivity (Wildman–Crippen MR) is 97.6 cm³/mol. The predicted octanol–water partition coefficient (Wildman–Crippen LogP) is 3.41. The number of non-ortho nitro benzene ring substituents is 2. The fourth-order valence-corrected chi connectivity index (χ4v) is 2.92. The van der Waals surface area contributed by atoms with Crippen LogP contribution >= 0.6 is 0 Å². The lowest BCUT2D eigenvalue weighted by Gasteiger charge is -2.18. The number of carbonyl (C=O) groups excluding carboxylic acids is 1. The van der Waals surface area contributed by atoms with Crippen LogP contribution in [0.1, 0.15) is 34.3 Å². The fourth-order valence-electron chi connectivity index (χ4n) is 2.92. The van der Waals surface area contributed by atoms with Crippen molar-refractivity contribution >= 4 is 23.1 Å². The molecule has 1 aliphatic rings. The van der Waals surface area contributed by atoms with Crippen molar-refractivity contribution in [2.45, 2.75) is 19.3 Å². The second-order valence-corrected chi connectivity index (χ2v) is 6.05. The van der Waals surface area contributed by atoms with Gasteiger partial charge >= 0.3 is 5.97 Å². The van der Waals surface area contributed by atoms with E-state index < -0.39 is 27.2 Å². The first-order valence-corrected chi connectivity index (χ1v) is 8.28. The molecule has 0 unspecified atom stereocenters. The smallest absolute Gasteiger partial charge is 0.366 e. The molecule has 0 fully saturated rings. The topological polar surface area (TPSA) is 134 Å². The second-order valence-electron chi connectivity index (χ2n) is 6.05. The Morgan fingerprint density at radius 2 is 1.71 bits per heavy atom. The van der Waals surface area contributed by atoms with Crippen LogP contribution in [0.2, 0.25) is 0 Å². The van der Waals surface area contributed by atoms with Gasteiger partial charge < -0.3 is 9.57 Å². The van der Waals surface area contributed by atoms with Gasteiger partial charge in [0, 0.05) is 17.7 Å².